The molecule has 1 nitrogen and oxygen atoms in total. The highest BCUT2D eigenvalue weighted by atomic mass is 14.7. The topological polar surface area (TPSA) is 26.0 Å². The van der Waals surface area contributed by atoms with E-state index in [9.17, 15) is 0 Å². The van der Waals surface area contributed by atoms with Crippen LogP contribution < -0.4 is 5.73 Å². The molecule has 2 atom stereocenters. The van der Waals surface area contributed by atoms with Crippen LogP contribution in [0.1, 0.15) is 34.1 Å². The summed E-state index contributed by atoms with van der Waals surface area (Å²) in [6.45, 7) is 10.0. The van der Waals surface area contributed by atoms with Crippen molar-refractivity contribution in [2.75, 3.05) is 6.54 Å². The minimum Gasteiger partial charge on any atom is -0.330 e. The largest absolute Gasteiger partial charge is 0.330 e. The fraction of sp³-hybridized carbons (Fsp3) is 1.00. The molecule has 0 aliphatic heterocycles. The Hall–Kier alpha value is -0.0400. The van der Waals surface area contributed by atoms with Gasteiger partial charge in [-0.15, -0.1) is 0 Å². The monoisotopic (exact) mass is 141 g/mol. The van der Waals surface area contributed by atoms with Crippen molar-refractivity contribution in [2.45, 2.75) is 34.1 Å². The molecule has 0 aromatic rings. The lowest BCUT2D eigenvalue weighted by atomic mass is 9.76. The van der Waals surface area contributed by atoms with Crippen LogP contribution in [0.25, 0.3) is 0 Å². The van der Waals surface area contributed by atoms with Gasteiger partial charge < -0.3 is 5.73 Å². The molecular formula is C9H19N. The first-order chi connectivity index (χ1) is 4.44. The molecule has 1 aliphatic carbocycles. The fourth-order valence-corrected chi connectivity index (χ4v) is 2.12. The van der Waals surface area contributed by atoms with E-state index in [2.05, 4.69) is 27.7 Å². The molecule has 1 heteroatoms. The fourth-order valence-electron chi connectivity index (χ4n) is 2.12. The molecule has 0 radical (unpaired) electrons. The van der Waals surface area contributed by atoms with E-state index in [-0.39, 0.29) is 0 Å². The van der Waals surface area contributed by atoms with Gasteiger partial charge in [0.1, 0.15) is 0 Å². The summed E-state index contributed by atoms with van der Waals surface area (Å²) in [6, 6.07) is 0. The SMILES string of the molecule is CC1CC1(CN)C(C)(C)C. The van der Waals surface area contributed by atoms with Crippen molar-refractivity contribution in [1.29, 1.82) is 0 Å². The van der Waals surface area contributed by atoms with E-state index < -0.39 is 0 Å². The van der Waals surface area contributed by atoms with Gasteiger partial charge in [0.2, 0.25) is 0 Å². The van der Waals surface area contributed by atoms with E-state index in [0.717, 1.165) is 12.5 Å². The van der Waals surface area contributed by atoms with Crippen LogP contribution >= 0.6 is 0 Å². The average molecular weight is 141 g/mol. The van der Waals surface area contributed by atoms with Gasteiger partial charge in [0.15, 0.2) is 0 Å². The van der Waals surface area contributed by atoms with Gasteiger partial charge in [-0.05, 0) is 29.7 Å². The maximum atomic E-state index is 5.75. The smallest absolute Gasteiger partial charge is 0.00128 e. The molecular weight excluding hydrogens is 122 g/mol. The third-order valence-corrected chi connectivity index (χ3v) is 3.31. The number of hydrogen-bond donors (Lipinski definition) is 1. The number of nitrogens with two attached hydrogens (primary N) is 1. The zero-order valence-electron chi connectivity index (χ0n) is 7.57. The maximum absolute atomic E-state index is 5.75. The molecule has 2 N–H and O–H groups in total. The summed E-state index contributed by atoms with van der Waals surface area (Å²) >= 11 is 0. The second-order valence-electron chi connectivity index (χ2n) is 4.72. The molecule has 1 saturated carbocycles. The molecule has 1 aliphatic rings. The summed E-state index contributed by atoms with van der Waals surface area (Å²) < 4.78 is 0. The Balaban J connectivity index is 2.69. The molecule has 2 unspecified atom stereocenters. The standard InChI is InChI=1S/C9H19N/c1-7-5-9(7,6-10)8(2,3)4/h7H,5-6,10H2,1-4H3. The predicted molar refractivity (Wildman–Crippen MR) is 44.7 cm³/mol. The van der Waals surface area contributed by atoms with Gasteiger partial charge >= 0.3 is 0 Å². The summed E-state index contributed by atoms with van der Waals surface area (Å²) in [6.07, 6.45) is 1.33. The van der Waals surface area contributed by atoms with Crippen LogP contribution in [0, 0.1) is 16.7 Å². The van der Waals surface area contributed by atoms with E-state index in [1.165, 1.54) is 6.42 Å². The molecule has 1 fully saturated rings. The van der Waals surface area contributed by atoms with Gasteiger partial charge in [-0.25, -0.2) is 0 Å². The zero-order chi connectivity index (χ0) is 7.99. The lowest BCUT2D eigenvalue weighted by Crippen LogP contribution is -2.31. The van der Waals surface area contributed by atoms with Crippen LogP contribution in [-0.2, 0) is 0 Å². The summed E-state index contributed by atoms with van der Waals surface area (Å²) in [7, 11) is 0. The third kappa shape index (κ3) is 0.878. The normalized spacial score (nSPS) is 39.9. The first-order valence-electron chi connectivity index (χ1n) is 4.14. The van der Waals surface area contributed by atoms with Crippen molar-refractivity contribution in [1.82, 2.24) is 0 Å². The molecule has 0 aromatic heterocycles. The first kappa shape index (κ1) is 8.06. The van der Waals surface area contributed by atoms with Crippen molar-refractivity contribution < 1.29 is 0 Å². The lowest BCUT2D eigenvalue weighted by Gasteiger charge is -2.30. The highest BCUT2D eigenvalue weighted by Crippen LogP contribution is 2.62. The van der Waals surface area contributed by atoms with Crippen LogP contribution in [0.3, 0.4) is 0 Å². The van der Waals surface area contributed by atoms with E-state index in [1.54, 1.807) is 0 Å². The molecule has 0 amide bonds. The van der Waals surface area contributed by atoms with E-state index in [4.69, 9.17) is 5.73 Å². The Morgan fingerprint density at radius 3 is 1.90 bits per heavy atom. The molecule has 10 heavy (non-hydrogen) atoms. The summed E-state index contributed by atoms with van der Waals surface area (Å²) in [5.41, 5.74) is 6.61. The van der Waals surface area contributed by atoms with Crippen LogP contribution in [0.5, 0.6) is 0 Å². The second kappa shape index (κ2) is 1.97. The summed E-state index contributed by atoms with van der Waals surface area (Å²) in [5, 5.41) is 0. The molecule has 0 aromatic carbocycles. The molecule has 0 saturated heterocycles. The van der Waals surface area contributed by atoms with Crippen LogP contribution in [0.2, 0.25) is 0 Å². The van der Waals surface area contributed by atoms with Crippen LogP contribution in [-0.4, -0.2) is 6.54 Å². The number of rotatable bonds is 1. The quantitative estimate of drug-likeness (QED) is 0.594. The van der Waals surface area contributed by atoms with Crippen molar-refractivity contribution >= 4 is 0 Å². The Morgan fingerprint density at radius 1 is 1.50 bits per heavy atom. The zero-order valence-corrected chi connectivity index (χ0v) is 7.57. The molecule has 1 rings (SSSR count). The van der Waals surface area contributed by atoms with E-state index in [1.807, 2.05) is 0 Å². The Labute approximate surface area is 64.0 Å². The Morgan fingerprint density at radius 2 is 1.90 bits per heavy atom. The lowest BCUT2D eigenvalue weighted by molar-refractivity contribution is 0.203. The molecule has 60 valence electrons. The summed E-state index contributed by atoms with van der Waals surface area (Å²) in [4.78, 5) is 0. The Bertz CT molecular complexity index is 130. The third-order valence-electron chi connectivity index (χ3n) is 3.31. The predicted octanol–water partition coefficient (Wildman–Crippen LogP) is 2.02. The van der Waals surface area contributed by atoms with Crippen LogP contribution in [0.4, 0.5) is 0 Å². The van der Waals surface area contributed by atoms with Crippen molar-refractivity contribution in [3.05, 3.63) is 0 Å². The Kier molecular flexibility index (Phi) is 1.59. The summed E-state index contributed by atoms with van der Waals surface area (Å²) in [5.74, 6) is 0.845. The van der Waals surface area contributed by atoms with Gasteiger partial charge in [-0.1, -0.05) is 27.7 Å². The molecule has 0 spiro atoms. The molecule has 0 heterocycles. The van der Waals surface area contributed by atoms with Crippen LogP contribution in [0.15, 0.2) is 0 Å². The average Bonchev–Trinajstić information content (AvgIpc) is 2.40. The van der Waals surface area contributed by atoms with E-state index >= 15 is 0 Å². The van der Waals surface area contributed by atoms with Gasteiger partial charge in [0.25, 0.3) is 0 Å². The first-order valence-corrected chi connectivity index (χ1v) is 4.14. The minimum absolute atomic E-state index is 0.404. The highest BCUT2D eigenvalue weighted by molar-refractivity contribution is 5.07. The van der Waals surface area contributed by atoms with Crippen molar-refractivity contribution in [3.8, 4) is 0 Å². The number of hydrogen-bond acceptors (Lipinski definition) is 1. The van der Waals surface area contributed by atoms with Crippen molar-refractivity contribution in [2.24, 2.45) is 22.5 Å². The minimum atomic E-state index is 0.404. The van der Waals surface area contributed by atoms with Gasteiger partial charge in [0, 0.05) is 0 Å². The maximum Gasteiger partial charge on any atom is -0.00128 e. The van der Waals surface area contributed by atoms with Gasteiger partial charge in [0.05, 0.1) is 0 Å². The second-order valence-corrected chi connectivity index (χ2v) is 4.72. The van der Waals surface area contributed by atoms with E-state index in [0.29, 0.717) is 10.8 Å². The van der Waals surface area contributed by atoms with Crippen molar-refractivity contribution in [3.63, 3.8) is 0 Å². The van der Waals surface area contributed by atoms with Gasteiger partial charge in [-0.3, -0.25) is 0 Å². The molecule has 0 bridgehead atoms. The van der Waals surface area contributed by atoms with Gasteiger partial charge in [-0.2, -0.15) is 0 Å². The highest BCUT2D eigenvalue weighted by Gasteiger charge is 2.57.